The van der Waals surface area contributed by atoms with Gasteiger partial charge < -0.3 is 15.0 Å². The Morgan fingerprint density at radius 3 is 2.50 bits per heavy atom. The van der Waals surface area contributed by atoms with E-state index in [4.69, 9.17) is 0 Å². The third-order valence-corrected chi connectivity index (χ3v) is 3.16. The van der Waals surface area contributed by atoms with Crippen LogP contribution in [0.2, 0.25) is 0 Å². The van der Waals surface area contributed by atoms with Crippen LogP contribution in [0.25, 0.3) is 0 Å². The van der Waals surface area contributed by atoms with E-state index >= 15 is 0 Å². The smallest absolute Gasteiger partial charge is 0.132 e. The lowest BCUT2D eigenvalue weighted by Crippen LogP contribution is -2.41. The molecule has 2 rings (SSSR count). The molecule has 2 unspecified atom stereocenters. The number of aliphatic hydroxyl groups is 1. The molecule has 0 radical (unpaired) electrons. The van der Waals surface area contributed by atoms with Crippen LogP contribution >= 0.6 is 15.9 Å². The maximum absolute atomic E-state index is 12.2. The van der Waals surface area contributed by atoms with E-state index in [1.165, 1.54) is 0 Å². The predicted octanol–water partition coefficient (Wildman–Crippen LogP) is 2.02. The fourth-order valence-electron chi connectivity index (χ4n) is 1.83. The number of hydroxylamine groups is 2. The molecule has 1 heterocycles. The highest BCUT2D eigenvalue weighted by atomic mass is 79.9. The van der Waals surface area contributed by atoms with E-state index in [0.29, 0.717) is 13.0 Å². The van der Waals surface area contributed by atoms with Gasteiger partial charge in [0.15, 0.2) is 0 Å². The van der Waals surface area contributed by atoms with E-state index in [2.05, 4.69) is 15.9 Å². The van der Waals surface area contributed by atoms with Crippen molar-refractivity contribution in [3.8, 4) is 0 Å². The number of hydrogen-bond donors (Lipinski definition) is 1. The molecule has 76 valence electrons. The van der Waals surface area contributed by atoms with Gasteiger partial charge in [-0.3, -0.25) is 0 Å². The minimum Gasteiger partial charge on any atom is -0.627 e. The van der Waals surface area contributed by atoms with Crippen LogP contribution in [0.15, 0.2) is 28.7 Å². The molecule has 0 amide bonds. The number of quaternary nitrogens is 1. The van der Waals surface area contributed by atoms with Gasteiger partial charge in [-0.15, -0.1) is 0 Å². The normalized spacial score (nSPS) is 32.1. The van der Waals surface area contributed by atoms with Gasteiger partial charge in [0.1, 0.15) is 18.3 Å². The van der Waals surface area contributed by atoms with Gasteiger partial charge in [-0.1, -0.05) is 15.9 Å². The number of rotatable bonds is 1. The van der Waals surface area contributed by atoms with Crippen LogP contribution in [0, 0.1) is 5.21 Å². The summed E-state index contributed by atoms with van der Waals surface area (Å²) < 4.78 is 0.571. The highest BCUT2D eigenvalue weighted by molar-refractivity contribution is 9.10. The molecule has 1 aromatic carbocycles. The van der Waals surface area contributed by atoms with E-state index in [-0.39, 0.29) is 6.54 Å². The van der Waals surface area contributed by atoms with Gasteiger partial charge in [0, 0.05) is 23.0 Å². The minimum atomic E-state index is -0.448. The van der Waals surface area contributed by atoms with E-state index in [1.54, 1.807) is 0 Å². The average Bonchev–Trinajstić information content (AvgIpc) is 2.48. The fraction of sp³-hybridized carbons (Fsp3) is 0.400. The number of halogens is 1. The molecule has 1 N–H and O–H groups in total. The summed E-state index contributed by atoms with van der Waals surface area (Å²) in [7, 11) is 0. The molecule has 1 fully saturated rings. The maximum atomic E-state index is 12.2. The number of aliphatic hydroxyl groups excluding tert-OH is 1. The molecule has 0 bridgehead atoms. The van der Waals surface area contributed by atoms with Crippen LogP contribution < -0.4 is 4.65 Å². The van der Waals surface area contributed by atoms with Crippen LogP contribution in [0.1, 0.15) is 6.42 Å². The highest BCUT2D eigenvalue weighted by Gasteiger charge is 2.31. The minimum absolute atomic E-state index is 0.279. The first-order chi connectivity index (χ1) is 6.60. The summed E-state index contributed by atoms with van der Waals surface area (Å²) in [6.07, 6.45) is 0.149. The summed E-state index contributed by atoms with van der Waals surface area (Å²) in [4.78, 5) is 0. The van der Waals surface area contributed by atoms with E-state index < -0.39 is 10.8 Å². The van der Waals surface area contributed by atoms with E-state index in [9.17, 15) is 10.3 Å². The third-order valence-electron chi connectivity index (χ3n) is 2.63. The molecule has 1 aliphatic rings. The van der Waals surface area contributed by atoms with Crippen molar-refractivity contribution in [1.29, 1.82) is 0 Å². The Bertz CT molecular complexity index is 327. The third kappa shape index (κ3) is 1.83. The molecule has 0 saturated carbocycles. The van der Waals surface area contributed by atoms with Gasteiger partial charge in [0.2, 0.25) is 0 Å². The van der Waals surface area contributed by atoms with Crippen molar-refractivity contribution in [1.82, 2.24) is 4.65 Å². The SMILES string of the molecule is [O-][N+]1(c2ccc(Br)cc2)CCC(O)C1. The molecule has 14 heavy (non-hydrogen) atoms. The zero-order chi connectivity index (χ0) is 10.2. The van der Waals surface area contributed by atoms with Crippen LogP contribution in [0.5, 0.6) is 0 Å². The molecule has 4 heteroatoms. The van der Waals surface area contributed by atoms with Gasteiger partial charge in [-0.2, -0.15) is 0 Å². The average molecular weight is 258 g/mol. The first kappa shape index (κ1) is 10.1. The lowest BCUT2D eigenvalue weighted by atomic mass is 10.3. The molecule has 1 saturated heterocycles. The lowest BCUT2D eigenvalue weighted by Gasteiger charge is -2.37. The van der Waals surface area contributed by atoms with Crippen molar-refractivity contribution in [3.05, 3.63) is 33.9 Å². The van der Waals surface area contributed by atoms with Crippen molar-refractivity contribution < 1.29 is 5.11 Å². The quantitative estimate of drug-likeness (QED) is 0.618. The van der Waals surface area contributed by atoms with Gasteiger partial charge in [-0.25, -0.2) is 0 Å². The Morgan fingerprint density at radius 2 is 2.00 bits per heavy atom. The molecular weight excluding hydrogens is 246 g/mol. The predicted molar refractivity (Wildman–Crippen MR) is 59.7 cm³/mol. The molecular formula is C10H12BrNO2. The van der Waals surface area contributed by atoms with Crippen molar-refractivity contribution in [2.45, 2.75) is 12.5 Å². The number of hydrogen-bond acceptors (Lipinski definition) is 2. The Labute approximate surface area is 91.3 Å². The molecule has 0 spiro atoms. The molecule has 2 atom stereocenters. The maximum Gasteiger partial charge on any atom is 0.132 e. The van der Waals surface area contributed by atoms with Crippen LogP contribution in [0.3, 0.4) is 0 Å². The van der Waals surface area contributed by atoms with Gasteiger partial charge in [0.25, 0.3) is 0 Å². The summed E-state index contributed by atoms with van der Waals surface area (Å²) in [5.41, 5.74) is 0.727. The van der Waals surface area contributed by atoms with Crippen LogP contribution in [-0.2, 0) is 0 Å². The second-order valence-electron chi connectivity index (χ2n) is 3.71. The molecule has 3 nitrogen and oxygen atoms in total. The monoisotopic (exact) mass is 257 g/mol. The Morgan fingerprint density at radius 1 is 1.36 bits per heavy atom. The molecule has 1 aromatic rings. The number of nitrogens with zero attached hydrogens (tertiary/aromatic N) is 1. The molecule has 0 aromatic heterocycles. The van der Waals surface area contributed by atoms with Crippen molar-refractivity contribution in [2.75, 3.05) is 13.1 Å². The second kappa shape index (κ2) is 3.62. The van der Waals surface area contributed by atoms with Gasteiger partial charge >= 0.3 is 0 Å². The first-order valence-electron chi connectivity index (χ1n) is 4.62. The topological polar surface area (TPSA) is 43.3 Å². The Kier molecular flexibility index (Phi) is 2.62. The summed E-state index contributed by atoms with van der Waals surface area (Å²) in [5.74, 6) is 0. The number of benzene rings is 1. The van der Waals surface area contributed by atoms with Crippen molar-refractivity contribution in [3.63, 3.8) is 0 Å². The second-order valence-corrected chi connectivity index (χ2v) is 4.63. The first-order valence-corrected chi connectivity index (χ1v) is 5.42. The standard InChI is InChI=1S/C10H12BrNO2/c11-8-1-3-9(4-2-8)12(14)6-5-10(13)7-12/h1-4,10,13H,5-7H2. The largest absolute Gasteiger partial charge is 0.627 e. The van der Waals surface area contributed by atoms with Gasteiger partial charge in [0.05, 0.1) is 6.54 Å². The summed E-state index contributed by atoms with van der Waals surface area (Å²) in [5, 5.41) is 21.5. The fourth-order valence-corrected chi connectivity index (χ4v) is 2.09. The van der Waals surface area contributed by atoms with E-state index in [1.807, 2.05) is 24.3 Å². The Balaban J connectivity index is 2.26. The highest BCUT2D eigenvalue weighted by Crippen LogP contribution is 2.29. The Hall–Kier alpha value is -0.420. The summed E-state index contributed by atoms with van der Waals surface area (Å²) >= 11 is 3.33. The van der Waals surface area contributed by atoms with Crippen LogP contribution in [0.4, 0.5) is 5.69 Å². The molecule has 1 aliphatic heterocycles. The zero-order valence-electron chi connectivity index (χ0n) is 7.69. The van der Waals surface area contributed by atoms with Gasteiger partial charge in [-0.05, 0) is 12.1 Å². The zero-order valence-corrected chi connectivity index (χ0v) is 9.27. The van der Waals surface area contributed by atoms with Crippen molar-refractivity contribution >= 4 is 21.6 Å². The van der Waals surface area contributed by atoms with Crippen LogP contribution in [-0.4, -0.2) is 24.3 Å². The van der Waals surface area contributed by atoms with E-state index in [0.717, 1.165) is 10.2 Å². The van der Waals surface area contributed by atoms with Crippen molar-refractivity contribution in [2.24, 2.45) is 0 Å². The summed E-state index contributed by atoms with van der Waals surface area (Å²) in [6.45, 7) is 0.754. The summed E-state index contributed by atoms with van der Waals surface area (Å²) in [6, 6.07) is 7.35. The lowest BCUT2D eigenvalue weighted by molar-refractivity contribution is 0.186. The molecule has 0 aliphatic carbocycles.